The molecule has 36 heavy (non-hydrogen) atoms. The van der Waals surface area contributed by atoms with Gasteiger partial charge < -0.3 is 20.1 Å². The van der Waals surface area contributed by atoms with E-state index in [4.69, 9.17) is 9.47 Å². The molecule has 1 amide bonds. The number of allylic oxidation sites excluding steroid dienone is 1. The van der Waals surface area contributed by atoms with Crippen LogP contribution in [0.1, 0.15) is 43.9 Å². The van der Waals surface area contributed by atoms with Crippen molar-refractivity contribution in [3.05, 3.63) is 76.8 Å². The van der Waals surface area contributed by atoms with Crippen LogP contribution in [0, 0.1) is 5.82 Å². The Morgan fingerprint density at radius 1 is 1.22 bits per heavy atom. The van der Waals surface area contributed by atoms with Gasteiger partial charge in [-0.15, -0.1) is 0 Å². The number of carbonyl (C=O) groups excluding carboxylic acids is 2. The quantitative estimate of drug-likeness (QED) is 0.359. The maximum absolute atomic E-state index is 13.6. The molecule has 0 unspecified atom stereocenters. The predicted molar refractivity (Wildman–Crippen MR) is 142 cm³/mol. The Morgan fingerprint density at radius 2 is 1.97 bits per heavy atom. The molecule has 2 aliphatic rings. The zero-order valence-corrected chi connectivity index (χ0v) is 21.8. The van der Waals surface area contributed by atoms with E-state index >= 15 is 0 Å². The molecule has 2 aromatic carbocycles. The van der Waals surface area contributed by atoms with Gasteiger partial charge in [-0.05, 0) is 74.6 Å². The molecule has 2 aromatic rings. The molecule has 0 saturated carbocycles. The summed E-state index contributed by atoms with van der Waals surface area (Å²) in [5.74, 6) is 0.400. The molecule has 0 spiro atoms. The Kier molecular flexibility index (Phi) is 7.85. The van der Waals surface area contributed by atoms with Crippen LogP contribution >= 0.6 is 11.8 Å². The topological polar surface area (TPSA) is 76.7 Å². The third-order valence-corrected chi connectivity index (χ3v) is 6.91. The Morgan fingerprint density at radius 3 is 2.67 bits per heavy atom. The minimum atomic E-state index is -0.655. The van der Waals surface area contributed by atoms with E-state index < -0.39 is 11.4 Å². The molecule has 2 heterocycles. The van der Waals surface area contributed by atoms with E-state index in [1.54, 1.807) is 17.8 Å². The monoisotopic (exact) mass is 510 g/mol. The van der Waals surface area contributed by atoms with Crippen molar-refractivity contribution < 1.29 is 23.5 Å². The number of hydrogen-bond donors (Lipinski definition) is 2. The van der Waals surface area contributed by atoms with Crippen molar-refractivity contribution in [3.8, 4) is 0 Å². The average Bonchev–Trinajstić information content (AvgIpc) is 3.33. The second kappa shape index (κ2) is 10.9. The molecule has 4 rings (SSSR count). The van der Waals surface area contributed by atoms with E-state index in [1.807, 2.05) is 57.4 Å². The van der Waals surface area contributed by atoms with Crippen LogP contribution in [0.25, 0.3) is 11.1 Å². The molecule has 2 aliphatic heterocycles. The molecule has 2 N–H and O–H groups in total. The second-order valence-electron chi connectivity index (χ2n) is 9.22. The molecule has 190 valence electrons. The van der Waals surface area contributed by atoms with Gasteiger partial charge in [-0.2, -0.15) is 11.8 Å². The zero-order chi connectivity index (χ0) is 25.9. The van der Waals surface area contributed by atoms with E-state index in [0.717, 1.165) is 22.5 Å². The summed E-state index contributed by atoms with van der Waals surface area (Å²) in [5, 5.41) is 6.04. The maximum atomic E-state index is 13.6. The van der Waals surface area contributed by atoms with Gasteiger partial charge in [0.25, 0.3) is 5.91 Å². The summed E-state index contributed by atoms with van der Waals surface area (Å²) in [6, 6.07) is 12.0. The van der Waals surface area contributed by atoms with Gasteiger partial charge in [0.05, 0.1) is 17.9 Å². The van der Waals surface area contributed by atoms with Gasteiger partial charge >= 0.3 is 5.97 Å². The molecule has 8 heteroatoms. The molecule has 0 radical (unpaired) electrons. The number of fused-ring (bicyclic) bond motifs is 1. The third-order valence-electron chi connectivity index (χ3n) is 6.26. The highest BCUT2D eigenvalue weighted by Crippen LogP contribution is 2.44. The number of benzene rings is 2. The van der Waals surface area contributed by atoms with Gasteiger partial charge in [0, 0.05) is 17.7 Å². The number of nitrogens with one attached hydrogen (secondary N) is 2. The number of esters is 1. The van der Waals surface area contributed by atoms with Crippen molar-refractivity contribution in [2.24, 2.45) is 0 Å². The smallest absolute Gasteiger partial charge is 0.323 e. The van der Waals surface area contributed by atoms with E-state index in [1.165, 1.54) is 12.1 Å². The number of hydrogen-bond acceptors (Lipinski definition) is 6. The summed E-state index contributed by atoms with van der Waals surface area (Å²) in [6.07, 6.45) is 4.61. The SMILES string of the molecule is CCOC(=O)[C@H](CCSC)NCc1ccc(C2=C/C(=C3\C(=O)Nc4cc(F)ccc43)OC2(C)C)cc1. The lowest BCUT2D eigenvalue weighted by molar-refractivity contribution is -0.145. The molecule has 6 nitrogen and oxygen atoms in total. The lowest BCUT2D eigenvalue weighted by Crippen LogP contribution is -2.38. The fourth-order valence-electron chi connectivity index (χ4n) is 4.43. The summed E-state index contributed by atoms with van der Waals surface area (Å²) < 4.78 is 25.0. The molecular formula is C28H31FN2O4S. The van der Waals surface area contributed by atoms with Gasteiger partial charge in [-0.1, -0.05) is 24.3 Å². The molecular weight excluding hydrogens is 479 g/mol. The minimum Gasteiger partial charge on any atom is -0.482 e. The Labute approximate surface area is 215 Å². The second-order valence-corrected chi connectivity index (χ2v) is 10.2. The van der Waals surface area contributed by atoms with Gasteiger partial charge in [0.15, 0.2) is 0 Å². The number of rotatable bonds is 9. The van der Waals surface area contributed by atoms with E-state index in [0.29, 0.717) is 42.2 Å². The standard InChI is InChI=1S/C28H31FN2O4S/c1-5-34-27(33)22(12-13-36-4)30-16-17-6-8-18(9-7-17)21-15-24(35-28(21,2)3)25-20-11-10-19(29)14-23(20)31-26(25)32/h6-11,14-15,22,30H,5,12-13,16H2,1-4H3,(H,31,32)/b25-24+/t22-/m0/s1. The number of carbonyl (C=O) groups is 2. The van der Waals surface area contributed by atoms with Crippen LogP contribution in [0.2, 0.25) is 0 Å². The molecule has 0 aromatic heterocycles. The minimum absolute atomic E-state index is 0.223. The lowest BCUT2D eigenvalue weighted by atomic mass is 9.91. The summed E-state index contributed by atoms with van der Waals surface area (Å²) in [6.45, 7) is 6.62. The summed E-state index contributed by atoms with van der Waals surface area (Å²) in [5.41, 5.74) is 3.78. The first-order chi connectivity index (χ1) is 17.2. The molecule has 1 atom stereocenters. The van der Waals surface area contributed by atoms with Crippen molar-refractivity contribution in [1.82, 2.24) is 5.32 Å². The largest absolute Gasteiger partial charge is 0.482 e. The summed E-state index contributed by atoms with van der Waals surface area (Å²) in [4.78, 5) is 24.9. The van der Waals surface area contributed by atoms with Gasteiger partial charge in [-0.25, -0.2) is 4.39 Å². The molecule has 0 fully saturated rings. The third kappa shape index (κ3) is 5.50. The molecule has 0 bridgehead atoms. The van der Waals surface area contributed by atoms with Crippen LogP contribution in [0.15, 0.2) is 54.3 Å². The van der Waals surface area contributed by atoms with Crippen LogP contribution in [-0.4, -0.2) is 42.1 Å². The van der Waals surface area contributed by atoms with Crippen molar-refractivity contribution in [2.75, 3.05) is 23.9 Å². The highest BCUT2D eigenvalue weighted by molar-refractivity contribution is 7.98. The summed E-state index contributed by atoms with van der Waals surface area (Å²) in [7, 11) is 0. The van der Waals surface area contributed by atoms with Crippen molar-refractivity contribution in [3.63, 3.8) is 0 Å². The van der Waals surface area contributed by atoms with E-state index in [-0.39, 0.29) is 17.9 Å². The number of amides is 1. The zero-order valence-electron chi connectivity index (χ0n) is 20.9. The number of thioether (sulfide) groups is 1. The maximum Gasteiger partial charge on any atom is 0.323 e. The normalized spacial score (nSPS) is 18.8. The van der Waals surface area contributed by atoms with Crippen molar-refractivity contribution >= 4 is 40.5 Å². The summed E-state index contributed by atoms with van der Waals surface area (Å²) >= 11 is 1.70. The Balaban J connectivity index is 1.54. The first-order valence-electron chi connectivity index (χ1n) is 12.0. The average molecular weight is 511 g/mol. The Hall–Kier alpha value is -3.10. The fraction of sp³-hybridized carbons (Fsp3) is 0.357. The lowest BCUT2D eigenvalue weighted by Gasteiger charge is -2.23. The molecule has 0 saturated heterocycles. The van der Waals surface area contributed by atoms with Gasteiger partial charge in [0.1, 0.15) is 23.2 Å². The van der Waals surface area contributed by atoms with Gasteiger partial charge in [-0.3, -0.25) is 9.59 Å². The van der Waals surface area contributed by atoms with Crippen LogP contribution < -0.4 is 10.6 Å². The predicted octanol–water partition coefficient (Wildman–Crippen LogP) is 5.16. The van der Waals surface area contributed by atoms with Crippen molar-refractivity contribution in [1.29, 1.82) is 0 Å². The van der Waals surface area contributed by atoms with Crippen LogP contribution in [-0.2, 0) is 25.6 Å². The highest BCUT2D eigenvalue weighted by atomic mass is 32.2. The fourth-order valence-corrected chi connectivity index (χ4v) is 4.90. The number of anilines is 1. The van der Waals surface area contributed by atoms with E-state index in [2.05, 4.69) is 10.6 Å². The highest BCUT2D eigenvalue weighted by Gasteiger charge is 2.38. The first-order valence-corrected chi connectivity index (χ1v) is 13.4. The number of ether oxygens (including phenoxy) is 2. The van der Waals surface area contributed by atoms with Crippen LogP contribution in [0.4, 0.5) is 10.1 Å². The number of halogens is 1. The van der Waals surface area contributed by atoms with E-state index in [9.17, 15) is 14.0 Å². The molecule has 0 aliphatic carbocycles. The van der Waals surface area contributed by atoms with Gasteiger partial charge in [0.2, 0.25) is 0 Å². The van der Waals surface area contributed by atoms with Crippen LogP contribution in [0.5, 0.6) is 0 Å². The first kappa shape index (κ1) is 26.0. The van der Waals surface area contributed by atoms with Crippen molar-refractivity contribution in [2.45, 2.75) is 45.4 Å². The Bertz CT molecular complexity index is 1220. The van der Waals surface area contributed by atoms with Crippen LogP contribution in [0.3, 0.4) is 0 Å².